The maximum atomic E-state index is 12.7. The standard InChI is InChI=1S/C23H31NO3/c1-22(2)12-13-23(3,4)19-14-17(10-11-18(19)22)24-20(25)15-6-8-16(9-7-15)21(26)27-5/h6-9,17H,10-14H2,1-5H3,(H,24,25). The number of amides is 1. The highest BCUT2D eigenvalue weighted by atomic mass is 16.5. The lowest BCUT2D eigenvalue weighted by atomic mass is 9.59. The maximum absolute atomic E-state index is 12.7. The van der Waals surface area contributed by atoms with Crippen LogP contribution in [0.1, 0.15) is 80.5 Å². The van der Waals surface area contributed by atoms with E-state index in [9.17, 15) is 9.59 Å². The molecule has 0 heterocycles. The van der Waals surface area contributed by atoms with Crippen molar-refractivity contribution in [3.05, 3.63) is 46.5 Å². The summed E-state index contributed by atoms with van der Waals surface area (Å²) < 4.78 is 4.70. The number of rotatable bonds is 3. The summed E-state index contributed by atoms with van der Waals surface area (Å²) in [6, 6.07) is 6.81. The molecule has 27 heavy (non-hydrogen) atoms. The molecule has 1 N–H and O–H groups in total. The lowest BCUT2D eigenvalue weighted by molar-refractivity contribution is 0.0600. The summed E-state index contributed by atoms with van der Waals surface area (Å²) in [5, 5.41) is 3.21. The van der Waals surface area contributed by atoms with Crippen LogP contribution in [0.15, 0.2) is 35.4 Å². The number of allylic oxidation sites excluding steroid dienone is 1. The fourth-order valence-electron chi connectivity index (χ4n) is 4.57. The Balaban J connectivity index is 1.71. The van der Waals surface area contributed by atoms with E-state index in [2.05, 4.69) is 33.0 Å². The summed E-state index contributed by atoms with van der Waals surface area (Å²) in [5.74, 6) is -0.468. The van der Waals surface area contributed by atoms with Crippen molar-refractivity contribution in [2.75, 3.05) is 7.11 Å². The molecule has 0 saturated carbocycles. The minimum Gasteiger partial charge on any atom is -0.465 e. The summed E-state index contributed by atoms with van der Waals surface area (Å²) in [4.78, 5) is 24.2. The molecule has 0 aliphatic heterocycles. The van der Waals surface area contributed by atoms with Crippen LogP contribution in [0.3, 0.4) is 0 Å². The monoisotopic (exact) mass is 369 g/mol. The molecule has 1 amide bonds. The smallest absolute Gasteiger partial charge is 0.337 e. The quantitative estimate of drug-likeness (QED) is 0.609. The van der Waals surface area contributed by atoms with Gasteiger partial charge in [-0.1, -0.05) is 38.8 Å². The number of nitrogens with one attached hydrogen (secondary N) is 1. The van der Waals surface area contributed by atoms with E-state index in [0.29, 0.717) is 11.1 Å². The van der Waals surface area contributed by atoms with Crippen LogP contribution < -0.4 is 5.32 Å². The van der Waals surface area contributed by atoms with Gasteiger partial charge in [0, 0.05) is 11.6 Å². The first-order valence-corrected chi connectivity index (χ1v) is 9.86. The number of benzene rings is 1. The first-order chi connectivity index (χ1) is 12.6. The molecule has 1 aromatic carbocycles. The summed E-state index contributed by atoms with van der Waals surface area (Å²) in [5.41, 5.74) is 4.70. The zero-order chi connectivity index (χ0) is 19.8. The Morgan fingerprint density at radius 1 is 0.963 bits per heavy atom. The SMILES string of the molecule is COC(=O)c1ccc(C(=O)NC2CCC3=C(C2)C(C)(C)CCC3(C)C)cc1. The number of ether oxygens (including phenoxy) is 1. The van der Waals surface area contributed by atoms with Gasteiger partial charge in [0.1, 0.15) is 0 Å². The van der Waals surface area contributed by atoms with E-state index < -0.39 is 5.97 Å². The summed E-state index contributed by atoms with van der Waals surface area (Å²) in [7, 11) is 1.35. The Kier molecular flexibility index (Phi) is 5.20. The van der Waals surface area contributed by atoms with E-state index >= 15 is 0 Å². The van der Waals surface area contributed by atoms with Crippen LogP contribution in [-0.4, -0.2) is 25.0 Å². The minimum atomic E-state index is -0.393. The van der Waals surface area contributed by atoms with Gasteiger partial charge < -0.3 is 10.1 Å². The predicted octanol–water partition coefficient (Wildman–Crippen LogP) is 4.90. The van der Waals surface area contributed by atoms with Gasteiger partial charge >= 0.3 is 5.97 Å². The summed E-state index contributed by atoms with van der Waals surface area (Å²) in [6.45, 7) is 9.40. The molecule has 0 radical (unpaired) electrons. The molecule has 1 aromatic rings. The highest BCUT2D eigenvalue weighted by molar-refractivity contribution is 5.96. The van der Waals surface area contributed by atoms with Gasteiger partial charge in [-0.05, 0) is 67.2 Å². The molecule has 0 spiro atoms. The second-order valence-corrected chi connectivity index (χ2v) is 9.21. The van der Waals surface area contributed by atoms with Gasteiger partial charge in [0.05, 0.1) is 12.7 Å². The Hall–Kier alpha value is -2.10. The molecule has 0 bridgehead atoms. The van der Waals surface area contributed by atoms with E-state index in [1.807, 2.05) is 0 Å². The molecule has 0 saturated heterocycles. The van der Waals surface area contributed by atoms with Crippen molar-refractivity contribution in [1.82, 2.24) is 5.32 Å². The van der Waals surface area contributed by atoms with Crippen molar-refractivity contribution in [2.45, 2.75) is 65.8 Å². The lowest BCUT2D eigenvalue weighted by Crippen LogP contribution is -2.42. The van der Waals surface area contributed by atoms with Gasteiger partial charge in [-0.25, -0.2) is 4.79 Å². The lowest BCUT2D eigenvalue weighted by Gasteiger charge is -2.47. The Morgan fingerprint density at radius 2 is 1.52 bits per heavy atom. The Bertz CT molecular complexity index is 771. The molecular weight excluding hydrogens is 338 g/mol. The van der Waals surface area contributed by atoms with E-state index in [4.69, 9.17) is 4.74 Å². The molecule has 0 fully saturated rings. The van der Waals surface area contributed by atoms with E-state index in [0.717, 1.165) is 19.3 Å². The molecule has 0 aromatic heterocycles. The van der Waals surface area contributed by atoms with Crippen LogP contribution in [0.25, 0.3) is 0 Å². The first kappa shape index (κ1) is 19.7. The molecule has 2 aliphatic carbocycles. The van der Waals surface area contributed by atoms with Gasteiger partial charge in [0.15, 0.2) is 0 Å². The first-order valence-electron chi connectivity index (χ1n) is 9.86. The normalized spacial score (nSPS) is 23.4. The molecule has 4 nitrogen and oxygen atoms in total. The third kappa shape index (κ3) is 3.95. The summed E-state index contributed by atoms with van der Waals surface area (Å²) >= 11 is 0. The molecule has 1 unspecified atom stereocenters. The van der Waals surface area contributed by atoms with Crippen LogP contribution in [0.4, 0.5) is 0 Å². The average Bonchev–Trinajstić information content (AvgIpc) is 2.65. The number of methoxy groups -OCH3 is 1. The number of carbonyl (C=O) groups is 2. The van der Waals surface area contributed by atoms with Gasteiger partial charge in [0.25, 0.3) is 5.91 Å². The number of hydrogen-bond donors (Lipinski definition) is 1. The zero-order valence-corrected chi connectivity index (χ0v) is 17.1. The van der Waals surface area contributed by atoms with Crippen molar-refractivity contribution >= 4 is 11.9 Å². The number of hydrogen-bond acceptors (Lipinski definition) is 3. The van der Waals surface area contributed by atoms with Crippen LogP contribution in [0.5, 0.6) is 0 Å². The highest BCUT2D eigenvalue weighted by Crippen LogP contribution is 2.53. The number of esters is 1. The molecule has 4 heteroatoms. The van der Waals surface area contributed by atoms with E-state index in [1.165, 1.54) is 20.0 Å². The van der Waals surface area contributed by atoms with E-state index in [-0.39, 0.29) is 22.8 Å². The van der Waals surface area contributed by atoms with Crippen LogP contribution in [0, 0.1) is 10.8 Å². The van der Waals surface area contributed by atoms with Gasteiger partial charge in [-0.15, -0.1) is 0 Å². The van der Waals surface area contributed by atoms with Crippen molar-refractivity contribution < 1.29 is 14.3 Å². The van der Waals surface area contributed by atoms with Crippen molar-refractivity contribution in [3.8, 4) is 0 Å². The van der Waals surface area contributed by atoms with Gasteiger partial charge in [-0.2, -0.15) is 0 Å². The predicted molar refractivity (Wildman–Crippen MR) is 107 cm³/mol. The summed E-state index contributed by atoms with van der Waals surface area (Å²) in [6.07, 6.45) is 5.44. The highest BCUT2D eigenvalue weighted by Gasteiger charge is 2.41. The Morgan fingerprint density at radius 3 is 2.11 bits per heavy atom. The minimum absolute atomic E-state index is 0.0756. The average molecular weight is 370 g/mol. The Labute approximate surface area is 162 Å². The van der Waals surface area contributed by atoms with E-state index in [1.54, 1.807) is 35.4 Å². The number of carbonyl (C=O) groups excluding carboxylic acids is 2. The third-order valence-electron chi connectivity index (χ3n) is 6.47. The largest absolute Gasteiger partial charge is 0.465 e. The van der Waals surface area contributed by atoms with Crippen LogP contribution >= 0.6 is 0 Å². The second-order valence-electron chi connectivity index (χ2n) is 9.21. The van der Waals surface area contributed by atoms with Gasteiger partial charge in [0.2, 0.25) is 0 Å². The van der Waals surface area contributed by atoms with Crippen molar-refractivity contribution in [2.24, 2.45) is 10.8 Å². The second kappa shape index (κ2) is 7.14. The maximum Gasteiger partial charge on any atom is 0.337 e. The van der Waals surface area contributed by atoms with Crippen molar-refractivity contribution in [3.63, 3.8) is 0 Å². The fourth-order valence-corrected chi connectivity index (χ4v) is 4.57. The zero-order valence-electron chi connectivity index (χ0n) is 17.1. The molecule has 3 rings (SSSR count). The molecule has 1 atom stereocenters. The molecular formula is C23H31NO3. The van der Waals surface area contributed by atoms with Gasteiger partial charge in [-0.3, -0.25) is 4.79 Å². The molecule has 146 valence electrons. The topological polar surface area (TPSA) is 55.4 Å². The third-order valence-corrected chi connectivity index (χ3v) is 6.47. The van der Waals surface area contributed by atoms with Crippen LogP contribution in [-0.2, 0) is 4.74 Å². The van der Waals surface area contributed by atoms with Crippen molar-refractivity contribution in [1.29, 1.82) is 0 Å². The van der Waals surface area contributed by atoms with Crippen LogP contribution in [0.2, 0.25) is 0 Å². The molecule has 2 aliphatic rings. The fraction of sp³-hybridized carbons (Fsp3) is 0.565.